The summed E-state index contributed by atoms with van der Waals surface area (Å²) in [6.07, 6.45) is 4.64. The summed E-state index contributed by atoms with van der Waals surface area (Å²) >= 11 is 0. The van der Waals surface area contributed by atoms with Crippen molar-refractivity contribution in [3.63, 3.8) is 0 Å². The molecule has 0 aromatic carbocycles. The van der Waals surface area contributed by atoms with Crippen molar-refractivity contribution < 1.29 is 14.7 Å². The van der Waals surface area contributed by atoms with E-state index in [1.165, 1.54) is 0 Å². The number of rotatable bonds is 3. The summed E-state index contributed by atoms with van der Waals surface area (Å²) in [7, 11) is 0. The highest BCUT2D eigenvalue weighted by Crippen LogP contribution is 2.24. The molecule has 2 atom stereocenters. The Balaban J connectivity index is 2.15. The van der Waals surface area contributed by atoms with Crippen LogP contribution in [0.2, 0.25) is 0 Å². The van der Waals surface area contributed by atoms with E-state index in [0.29, 0.717) is 12.0 Å². The second-order valence-corrected chi connectivity index (χ2v) is 5.72. The molecule has 110 valence electrons. The van der Waals surface area contributed by atoms with Gasteiger partial charge in [0, 0.05) is 24.8 Å². The maximum absolute atomic E-state index is 12.5. The van der Waals surface area contributed by atoms with Crippen LogP contribution in [0.3, 0.4) is 0 Å². The first-order valence-corrected chi connectivity index (χ1v) is 6.98. The van der Waals surface area contributed by atoms with Gasteiger partial charge >= 0.3 is 5.97 Å². The molecule has 2 rings (SSSR count). The van der Waals surface area contributed by atoms with Crippen molar-refractivity contribution in [2.75, 3.05) is 6.54 Å². The number of amides is 1. The SMILES string of the molecule is CC1CCC(C(=O)O)CN1C(=O)c1cnn(C(C)C)c1. The molecule has 0 bridgehead atoms. The van der Waals surface area contributed by atoms with E-state index in [1.807, 2.05) is 20.8 Å². The molecule has 0 aliphatic carbocycles. The van der Waals surface area contributed by atoms with Crippen LogP contribution >= 0.6 is 0 Å². The Morgan fingerprint density at radius 1 is 1.40 bits per heavy atom. The van der Waals surface area contributed by atoms with Gasteiger partial charge in [-0.3, -0.25) is 14.3 Å². The number of aliphatic carboxylic acids is 1. The van der Waals surface area contributed by atoms with Gasteiger partial charge in [-0.15, -0.1) is 0 Å². The van der Waals surface area contributed by atoms with Crippen molar-refractivity contribution in [1.29, 1.82) is 0 Å². The third kappa shape index (κ3) is 2.84. The van der Waals surface area contributed by atoms with Gasteiger partial charge in [0.2, 0.25) is 0 Å². The quantitative estimate of drug-likeness (QED) is 0.915. The van der Waals surface area contributed by atoms with Crippen molar-refractivity contribution in [3.8, 4) is 0 Å². The third-order valence-corrected chi connectivity index (χ3v) is 3.87. The second-order valence-electron chi connectivity index (χ2n) is 5.72. The molecule has 2 heterocycles. The molecule has 1 aromatic heterocycles. The largest absolute Gasteiger partial charge is 0.481 e. The molecule has 1 saturated heterocycles. The molecule has 20 heavy (non-hydrogen) atoms. The topological polar surface area (TPSA) is 75.4 Å². The van der Waals surface area contributed by atoms with Gasteiger partial charge in [-0.05, 0) is 33.6 Å². The standard InChI is InChI=1S/C14H21N3O3/c1-9(2)17-8-12(6-15-17)13(18)16-7-11(14(19)20)5-4-10(16)3/h6,8-11H,4-5,7H2,1-3H3,(H,19,20). The molecule has 0 saturated carbocycles. The van der Waals surface area contributed by atoms with Crippen LogP contribution in [0.4, 0.5) is 0 Å². The van der Waals surface area contributed by atoms with E-state index >= 15 is 0 Å². The number of piperidine rings is 1. The number of hydrogen-bond acceptors (Lipinski definition) is 3. The highest BCUT2D eigenvalue weighted by molar-refractivity contribution is 5.94. The molecular formula is C14H21N3O3. The number of likely N-dealkylation sites (tertiary alicyclic amines) is 1. The Bertz CT molecular complexity index is 510. The van der Waals surface area contributed by atoms with Crippen molar-refractivity contribution in [3.05, 3.63) is 18.0 Å². The van der Waals surface area contributed by atoms with Crippen LogP contribution in [-0.4, -0.2) is 44.3 Å². The fourth-order valence-corrected chi connectivity index (χ4v) is 2.49. The summed E-state index contributed by atoms with van der Waals surface area (Å²) in [4.78, 5) is 25.3. The van der Waals surface area contributed by atoms with Crippen LogP contribution in [-0.2, 0) is 4.79 Å². The minimum Gasteiger partial charge on any atom is -0.481 e. The lowest BCUT2D eigenvalue weighted by atomic mass is 9.93. The molecule has 2 unspecified atom stereocenters. The summed E-state index contributed by atoms with van der Waals surface area (Å²) in [5.74, 6) is -1.42. The molecule has 0 radical (unpaired) electrons. The molecule has 1 fully saturated rings. The normalized spacial score (nSPS) is 23.1. The van der Waals surface area contributed by atoms with Crippen LogP contribution in [0.5, 0.6) is 0 Å². The maximum Gasteiger partial charge on any atom is 0.308 e. The van der Waals surface area contributed by atoms with E-state index in [4.69, 9.17) is 5.11 Å². The molecule has 6 heteroatoms. The summed E-state index contributed by atoms with van der Waals surface area (Å²) in [6, 6.07) is 0.266. The molecule has 1 N–H and O–H groups in total. The number of carboxylic acid groups (broad SMARTS) is 1. The lowest BCUT2D eigenvalue weighted by Crippen LogP contribution is -2.47. The molecule has 6 nitrogen and oxygen atoms in total. The average molecular weight is 279 g/mol. The van der Waals surface area contributed by atoms with Gasteiger partial charge in [-0.1, -0.05) is 0 Å². The molecular weight excluding hydrogens is 258 g/mol. The Labute approximate surface area is 118 Å². The lowest BCUT2D eigenvalue weighted by Gasteiger charge is -2.36. The number of aromatic nitrogens is 2. The van der Waals surface area contributed by atoms with Crippen molar-refractivity contribution in [2.24, 2.45) is 5.92 Å². The van der Waals surface area contributed by atoms with Crippen LogP contribution in [0.1, 0.15) is 50.0 Å². The van der Waals surface area contributed by atoms with E-state index < -0.39 is 11.9 Å². The number of carboxylic acids is 1. The van der Waals surface area contributed by atoms with E-state index in [9.17, 15) is 9.59 Å². The van der Waals surface area contributed by atoms with Crippen molar-refractivity contribution in [1.82, 2.24) is 14.7 Å². The predicted octanol–water partition coefficient (Wildman–Crippen LogP) is 1.79. The predicted molar refractivity (Wildman–Crippen MR) is 73.5 cm³/mol. The minimum absolute atomic E-state index is 0.0699. The van der Waals surface area contributed by atoms with Crippen LogP contribution in [0, 0.1) is 5.92 Å². The van der Waals surface area contributed by atoms with Crippen LogP contribution < -0.4 is 0 Å². The fraction of sp³-hybridized carbons (Fsp3) is 0.643. The Kier molecular flexibility index (Phi) is 4.11. The number of carbonyl (C=O) groups excluding carboxylic acids is 1. The zero-order valence-corrected chi connectivity index (χ0v) is 12.1. The Morgan fingerprint density at radius 2 is 2.10 bits per heavy atom. The zero-order chi connectivity index (χ0) is 14.9. The second kappa shape index (κ2) is 5.64. The zero-order valence-electron chi connectivity index (χ0n) is 12.1. The van der Waals surface area contributed by atoms with E-state index in [-0.39, 0.29) is 24.5 Å². The van der Waals surface area contributed by atoms with Gasteiger partial charge in [-0.25, -0.2) is 0 Å². The summed E-state index contributed by atoms with van der Waals surface area (Å²) in [6.45, 7) is 6.22. The summed E-state index contributed by atoms with van der Waals surface area (Å²) in [5, 5.41) is 13.3. The highest BCUT2D eigenvalue weighted by Gasteiger charge is 2.33. The molecule has 1 aromatic rings. The Morgan fingerprint density at radius 3 is 2.65 bits per heavy atom. The maximum atomic E-state index is 12.5. The van der Waals surface area contributed by atoms with Crippen molar-refractivity contribution in [2.45, 2.75) is 45.7 Å². The van der Waals surface area contributed by atoms with Crippen LogP contribution in [0.25, 0.3) is 0 Å². The van der Waals surface area contributed by atoms with Gasteiger partial charge in [0.1, 0.15) is 0 Å². The van der Waals surface area contributed by atoms with Crippen LogP contribution in [0.15, 0.2) is 12.4 Å². The van der Waals surface area contributed by atoms with Gasteiger partial charge in [0.15, 0.2) is 0 Å². The molecule has 0 spiro atoms. The Hall–Kier alpha value is -1.85. The van der Waals surface area contributed by atoms with Gasteiger partial charge in [0.05, 0.1) is 17.7 Å². The summed E-state index contributed by atoms with van der Waals surface area (Å²) in [5.41, 5.74) is 0.525. The van der Waals surface area contributed by atoms with Gasteiger partial charge in [-0.2, -0.15) is 5.10 Å². The average Bonchev–Trinajstić information content (AvgIpc) is 2.88. The highest BCUT2D eigenvalue weighted by atomic mass is 16.4. The number of hydrogen-bond donors (Lipinski definition) is 1. The molecule has 1 aliphatic heterocycles. The fourth-order valence-electron chi connectivity index (χ4n) is 2.49. The smallest absolute Gasteiger partial charge is 0.308 e. The van der Waals surface area contributed by atoms with Gasteiger partial charge in [0.25, 0.3) is 5.91 Å². The summed E-state index contributed by atoms with van der Waals surface area (Å²) < 4.78 is 1.73. The minimum atomic E-state index is -0.826. The number of carbonyl (C=O) groups is 2. The monoisotopic (exact) mass is 279 g/mol. The van der Waals surface area contributed by atoms with Gasteiger partial charge < -0.3 is 10.0 Å². The first kappa shape index (κ1) is 14.6. The van der Waals surface area contributed by atoms with E-state index in [2.05, 4.69) is 5.10 Å². The van der Waals surface area contributed by atoms with Crippen molar-refractivity contribution >= 4 is 11.9 Å². The molecule has 1 amide bonds. The van der Waals surface area contributed by atoms with E-state index in [1.54, 1.807) is 22.0 Å². The molecule has 1 aliphatic rings. The number of nitrogens with zero attached hydrogens (tertiary/aromatic N) is 3. The third-order valence-electron chi connectivity index (χ3n) is 3.87. The first-order chi connectivity index (χ1) is 9.40. The first-order valence-electron chi connectivity index (χ1n) is 6.98. The lowest BCUT2D eigenvalue weighted by molar-refractivity contribution is -0.143. The van der Waals surface area contributed by atoms with E-state index in [0.717, 1.165) is 6.42 Å².